The highest BCUT2D eigenvalue weighted by molar-refractivity contribution is 7.85. The third-order valence-electron chi connectivity index (χ3n) is 2.17. The van der Waals surface area contributed by atoms with Crippen molar-refractivity contribution in [3.8, 4) is 0 Å². The molecule has 1 saturated heterocycles. The Morgan fingerprint density at radius 2 is 1.93 bits per heavy atom. The molecule has 1 fully saturated rings. The summed E-state index contributed by atoms with van der Waals surface area (Å²) in [6.07, 6.45) is -3.80. The standard InChI is InChI=1S/C7H14O7S/c1-12-6-5(8)4(3-15(9,10)11)14-7(6)13-2/h4-8H,3H2,1-2H3,(H,9,10,11). The minimum absolute atomic E-state index is 0.687. The molecule has 4 atom stereocenters. The molecule has 2 N–H and O–H groups in total. The van der Waals surface area contributed by atoms with E-state index in [4.69, 9.17) is 18.8 Å². The lowest BCUT2D eigenvalue weighted by Crippen LogP contribution is -2.37. The van der Waals surface area contributed by atoms with Crippen LogP contribution in [0, 0.1) is 0 Å². The van der Waals surface area contributed by atoms with Crippen LogP contribution >= 0.6 is 0 Å². The molecular formula is C7H14O7S. The molecule has 1 rings (SSSR count). The topological polar surface area (TPSA) is 102 Å². The van der Waals surface area contributed by atoms with Crippen molar-refractivity contribution in [1.29, 1.82) is 0 Å². The van der Waals surface area contributed by atoms with Crippen LogP contribution in [-0.4, -0.2) is 62.7 Å². The van der Waals surface area contributed by atoms with Gasteiger partial charge in [-0.25, -0.2) is 0 Å². The second-order valence-electron chi connectivity index (χ2n) is 3.22. The molecule has 0 aromatic heterocycles. The maximum atomic E-state index is 10.6. The first-order valence-electron chi connectivity index (χ1n) is 4.23. The molecule has 90 valence electrons. The fraction of sp³-hybridized carbons (Fsp3) is 1.00. The van der Waals surface area contributed by atoms with E-state index in [0.717, 1.165) is 0 Å². The normalized spacial score (nSPS) is 37.1. The van der Waals surface area contributed by atoms with Crippen LogP contribution in [0.2, 0.25) is 0 Å². The summed E-state index contributed by atoms with van der Waals surface area (Å²) < 4.78 is 44.6. The lowest BCUT2D eigenvalue weighted by molar-refractivity contribution is -0.153. The molecule has 0 radical (unpaired) electrons. The van der Waals surface area contributed by atoms with Crippen molar-refractivity contribution < 1.29 is 32.3 Å². The number of methoxy groups -OCH3 is 2. The molecular weight excluding hydrogens is 228 g/mol. The Kier molecular flexibility index (Phi) is 4.04. The maximum absolute atomic E-state index is 10.6. The molecule has 0 saturated carbocycles. The van der Waals surface area contributed by atoms with Gasteiger partial charge in [0.05, 0.1) is 0 Å². The average molecular weight is 242 g/mol. The van der Waals surface area contributed by atoms with Gasteiger partial charge >= 0.3 is 0 Å². The molecule has 0 aromatic carbocycles. The zero-order valence-electron chi connectivity index (χ0n) is 8.36. The van der Waals surface area contributed by atoms with E-state index >= 15 is 0 Å². The summed E-state index contributed by atoms with van der Waals surface area (Å²) in [4.78, 5) is 0. The van der Waals surface area contributed by atoms with Crippen LogP contribution in [-0.2, 0) is 24.3 Å². The van der Waals surface area contributed by atoms with E-state index in [1.54, 1.807) is 0 Å². The maximum Gasteiger partial charge on any atom is 0.267 e. The smallest absolute Gasteiger partial charge is 0.267 e. The minimum atomic E-state index is -4.20. The third kappa shape index (κ3) is 3.10. The fourth-order valence-corrected chi connectivity index (χ4v) is 2.18. The monoisotopic (exact) mass is 242 g/mol. The molecule has 0 aromatic rings. The summed E-state index contributed by atoms with van der Waals surface area (Å²) in [7, 11) is -1.51. The summed E-state index contributed by atoms with van der Waals surface area (Å²) in [5.41, 5.74) is 0. The lowest BCUT2D eigenvalue weighted by Gasteiger charge is -2.16. The fourth-order valence-electron chi connectivity index (χ4n) is 1.49. The number of ether oxygens (including phenoxy) is 3. The van der Waals surface area contributed by atoms with Crippen LogP contribution in [0.4, 0.5) is 0 Å². The van der Waals surface area contributed by atoms with Gasteiger partial charge in [-0.2, -0.15) is 8.42 Å². The summed E-state index contributed by atoms with van der Waals surface area (Å²) in [6, 6.07) is 0. The Labute approximate surface area is 87.7 Å². The van der Waals surface area contributed by atoms with Gasteiger partial charge in [0.15, 0.2) is 6.29 Å². The van der Waals surface area contributed by atoms with E-state index in [-0.39, 0.29) is 0 Å². The van der Waals surface area contributed by atoms with Crippen molar-refractivity contribution in [2.75, 3.05) is 20.0 Å². The molecule has 1 aliphatic rings. The van der Waals surface area contributed by atoms with Gasteiger partial charge in [-0.05, 0) is 0 Å². The Balaban J connectivity index is 2.70. The van der Waals surface area contributed by atoms with Gasteiger partial charge in [0, 0.05) is 14.2 Å². The van der Waals surface area contributed by atoms with E-state index in [0.29, 0.717) is 0 Å². The Morgan fingerprint density at radius 3 is 2.27 bits per heavy atom. The van der Waals surface area contributed by atoms with Gasteiger partial charge < -0.3 is 19.3 Å². The van der Waals surface area contributed by atoms with Gasteiger partial charge in [0.1, 0.15) is 24.1 Å². The first-order valence-corrected chi connectivity index (χ1v) is 5.84. The van der Waals surface area contributed by atoms with Crippen LogP contribution in [0.5, 0.6) is 0 Å². The average Bonchev–Trinajstić information content (AvgIpc) is 2.40. The van der Waals surface area contributed by atoms with E-state index in [2.05, 4.69) is 0 Å². The highest BCUT2D eigenvalue weighted by Crippen LogP contribution is 2.24. The molecule has 1 aliphatic heterocycles. The minimum Gasteiger partial charge on any atom is -0.387 e. The molecule has 0 aliphatic carbocycles. The molecule has 4 unspecified atom stereocenters. The van der Waals surface area contributed by atoms with Crippen molar-refractivity contribution in [3.63, 3.8) is 0 Å². The summed E-state index contributed by atoms with van der Waals surface area (Å²) in [5, 5.41) is 9.61. The first kappa shape index (κ1) is 12.8. The van der Waals surface area contributed by atoms with Crippen LogP contribution in [0.15, 0.2) is 0 Å². The van der Waals surface area contributed by atoms with Gasteiger partial charge in [-0.3, -0.25) is 4.55 Å². The molecule has 15 heavy (non-hydrogen) atoms. The van der Waals surface area contributed by atoms with Crippen LogP contribution in [0.1, 0.15) is 0 Å². The number of rotatable bonds is 4. The largest absolute Gasteiger partial charge is 0.387 e. The molecule has 0 amide bonds. The third-order valence-corrected chi connectivity index (χ3v) is 2.92. The highest BCUT2D eigenvalue weighted by Gasteiger charge is 2.45. The Hall–Kier alpha value is -0.250. The van der Waals surface area contributed by atoms with Crippen LogP contribution in [0.25, 0.3) is 0 Å². The Bertz CT molecular complexity index is 300. The lowest BCUT2D eigenvalue weighted by atomic mass is 10.1. The second-order valence-corrected chi connectivity index (χ2v) is 4.72. The zero-order chi connectivity index (χ0) is 11.6. The molecule has 0 spiro atoms. The molecule has 0 bridgehead atoms. The van der Waals surface area contributed by atoms with E-state index in [9.17, 15) is 13.5 Å². The van der Waals surface area contributed by atoms with Gasteiger partial charge in [-0.1, -0.05) is 0 Å². The van der Waals surface area contributed by atoms with Crippen molar-refractivity contribution in [3.05, 3.63) is 0 Å². The van der Waals surface area contributed by atoms with Crippen molar-refractivity contribution in [1.82, 2.24) is 0 Å². The highest BCUT2D eigenvalue weighted by atomic mass is 32.2. The number of hydrogen-bond acceptors (Lipinski definition) is 6. The summed E-state index contributed by atoms with van der Waals surface area (Å²) >= 11 is 0. The number of aliphatic hydroxyl groups excluding tert-OH is 1. The van der Waals surface area contributed by atoms with Gasteiger partial charge in [0.2, 0.25) is 0 Å². The van der Waals surface area contributed by atoms with Crippen molar-refractivity contribution in [2.45, 2.75) is 24.6 Å². The van der Waals surface area contributed by atoms with Crippen molar-refractivity contribution >= 4 is 10.1 Å². The number of hydrogen-bond donors (Lipinski definition) is 2. The van der Waals surface area contributed by atoms with E-state index < -0.39 is 40.5 Å². The SMILES string of the molecule is COC1OC(CS(=O)(=O)O)C(O)C1OC. The first-order chi connectivity index (χ1) is 6.89. The predicted octanol–water partition coefficient (Wildman–Crippen LogP) is -1.38. The summed E-state index contributed by atoms with van der Waals surface area (Å²) in [6.45, 7) is 0. The van der Waals surface area contributed by atoms with E-state index in [1.165, 1.54) is 14.2 Å². The van der Waals surface area contributed by atoms with Gasteiger partial charge in [-0.15, -0.1) is 0 Å². The van der Waals surface area contributed by atoms with Gasteiger partial charge in [0.25, 0.3) is 10.1 Å². The molecule has 8 heteroatoms. The van der Waals surface area contributed by atoms with Crippen LogP contribution < -0.4 is 0 Å². The second kappa shape index (κ2) is 4.73. The Morgan fingerprint density at radius 1 is 1.33 bits per heavy atom. The van der Waals surface area contributed by atoms with Crippen molar-refractivity contribution in [2.24, 2.45) is 0 Å². The molecule has 7 nitrogen and oxygen atoms in total. The number of aliphatic hydroxyl groups is 1. The summed E-state index contributed by atoms with van der Waals surface area (Å²) in [5.74, 6) is -0.687. The molecule has 1 heterocycles. The quantitative estimate of drug-likeness (QED) is 0.586. The van der Waals surface area contributed by atoms with Crippen LogP contribution in [0.3, 0.4) is 0 Å². The van der Waals surface area contributed by atoms with E-state index in [1.807, 2.05) is 0 Å². The predicted molar refractivity (Wildman–Crippen MR) is 48.9 cm³/mol. The zero-order valence-corrected chi connectivity index (χ0v) is 9.18.